The van der Waals surface area contributed by atoms with E-state index in [0.29, 0.717) is 18.2 Å². The highest BCUT2D eigenvalue weighted by molar-refractivity contribution is 7.98. The van der Waals surface area contributed by atoms with Gasteiger partial charge in [0.15, 0.2) is 0 Å². The van der Waals surface area contributed by atoms with Gasteiger partial charge in [-0.15, -0.1) is 11.8 Å². The molecule has 0 saturated heterocycles. The van der Waals surface area contributed by atoms with Crippen LogP contribution in [0.4, 0.5) is 5.82 Å². The van der Waals surface area contributed by atoms with Crippen molar-refractivity contribution in [1.82, 2.24) is 19.7 Å². The number of carbonyl (C=O) groups excluding carboxylic acids is 1. The summed E-state index contributed by atoms with van der Waals surface area (Å²) < 4.78 is 1.66. The number of nitrogens with zero attached hydrogens (tertiary/aromatic N) is 4. The van der Waals surface area contributed by atoms with E-state index in [-0.39, 0.29) is 11.8 Å². The Balaban J connectivity index is 1.85. The predicted octanol–water partition coefficient (Wildman–Crippen LogP) is 3.78. The number of benzene rings is 1. The number of aromatic nitrogens is 4. The smallest absolute Gasteiger partial charge is 0.252 e. The van der Waals surface area contributed by atoms with Crippen LogP contribution in [-0.4, -0.2) is 31.9 Å². The number of amides is 1. The summed E-state index contributed by atoms with van der Waals surface area (Å²) in [4.78, 5) is 22.7. The first-order valence-corrected chi connectivity index (χ1v) is 10.0. The summed E-state index contributed by atoms with van der Waals surface area (Å²) in [5.74, 6) is 1.11. The first-order chi connectivity index (χ1) is 13.0. The Morgan fingerprint density at radius 2 is 1.78 bits per heavy atom. The molecule has 0 radical (unpaired) electrons. The van der Waals surface area contributed by atoms with Gasteiger partial charge in [-0.2, -0.15) is 9.78 Å². The lowest BCUT2D eigenvalue weighted by Gasteiger charge is -2.24. The molecule has 1 aliphatic rings. The lowest BCUT2D eigenvalue weighted by atomic mass is 9.86. The minimum Gasteiger partial charge on any atom is -0.310 e. The number of anilines is 1. The van der Waals surface area contributed by atoms with Crippen LogP contribution in [-0.2, 0) is 4.79 Å². The van der Waals surface area contributed by atoms with E-state index in [1.807, 2.05) is 26.8 Å². The number of fused-ring (bicyclic) bond motifs is 1. The molecule has 4 rings (SSSR count). The molecule has 0 spiro atoms. The summed E-state index contributed by atoms with van der Waals surface area (Å²) in [7, 11) is 0. The average Bonchev–Trinajstić information content (AvgIpc) is 2.97. The van der Waals surface area contributed by atoms with Crippen molar-refractivity contribution in [1.29, 1.82) is 0 Å². The molecule has 0 fully saturated rings. The molecular weight excluding hydrogens is 358 g/mol. The summed E-state index contributed by atoms with van der Waals surface area (Å²) in [5.41, 5.74) is 4.77. The van der Waals surface area contributed by atoms with Crippen LogP contribution >= 0.6 is 11.8 Å². The van der Waals surface area contributed by atoms with E-state index in [1.165, 1.54) is 4.90 Å². The van der Waals surface area contributed by atoms with Gasteiger partial charge >= 0.3 is 0 Å². The zero-order chi connectivity index (χ0) is 19.1. The van der Waals surface area contributed by atoms with Gasteiger partial charge in [0.1, 0.15) is 5.82 Å². The Morgan fingerprint density at radius 1 is 1.11 bits per heavy atom. The summed E-state index contributed by atoms with van der Waals surface area (Å²) >= 11 is 1.71. The third-order valence-corrected chi connectivity index (χ3v) is 5.52. The quantitative estimate of drug-likeness (QED) is 0.701. The Morgan fingerprint density at radius 3 is 2.41 bits per heavy atom. The van der Waals surface area contributed by atoms with Crippen molar-refractivity contribution in [2.45, 2.75) is 38.0 Å². The SMILES string of the molecule is CSc1ccc([C@@H]2CC(=O)Nc3c2c(C)nn3-c2nc(C)cc(C)n2)cc1. The topological polar surface area (TPSA) is 72.7 Å². The van der Waals surface area contributed by atoms with Gasteiger partial charge in [0.25, 0.3) is 5.95 Å². The van der Waals surface area contributed by atoms with Gasteiger partial charge < -0.3 is 5.32 Å². The van der Waals surface area contributed by atoms with Crippen LogP contribution in [0.5, 0.6) is 0 Å². The van der Waals surface area contributed by atoms with Crippen molar-refractivity contribution in [3.05, 3.63) is 58.5 Å². The summed E-state index contributed by atoms with van der Waals surface area (Å²) in [6.45, 7) is 5.82. The Hall–Kier alpha value is -2.67. The Labute approximate surface area is 162 Å². The molecule has 0 bridgehead atoms. The van der Waals surface area contributed by atoms with Gasteiger partial charge in [0.2, 0.25) is 5.91 Å². The molecule has 1 aromatic carbocycles. The highest BCUT2D eigenvalue weighted by Gasteiger charge is 2.33. The van der Waals surface area contributed by atoms with E-state index in [9.17, 15) is 4.79 Å². The number of carbonyl (C=O) groups is 1. The van der Waals surface area contributed by atoms with E-state index < -0.39 is 0 Å². The second kappa shape index (κ2) is 6.81. The number of thioether (sulfide) groups is 1. The third kappa shape index (κ3) is 3.23. The lowest BCUT2D eigenvalue weighted by molar-refractivity contribution is -0.116. The van der Waals surface area contributed by atoms with Crippen molar-refractivity contribution in [3.63, 3.8) is 0 Å². The van der Waals surface area contributed by atoms with Crippen molar-refractivity contribution in [2.24, 2.45) is 0 Å². The molecule has 2 aromatic heterocycles. The van der Waals surface area contributed by atoms with E-state index in [0.717, 1.165) is 28.2 Å². The Bertz CT molecular complexity index is 1010. The number of hydrogen-bond acceptors (Lipinski definition) is 5. The third-order valence-electron chi connectivity index (χ3n) is 4.78. The molecule has 1 atom stereocenters. The minimum absolute atomic E-state index is 0.0213. The number of nitrogens with one attached hydrogen (secondary N) is 1. The predicted molar refractivity (Wildman–Crippen MR) is 107 cm³/mol. The minimum atomic E-state index is -0.0238. The largest absolute Gasteiger partial charge is 0.310 e. The molecule has 138 valence electrons. The summed E-state index contributed by atoms with van der Waals surface area (Å²) in [5, 5.41) is 7.65. The van der Waals surface area contributed by atoms with Crippen LogP contribution in [0.2, 0.25) is 0 Å². The zero-order valence-electron chi connectivity index (χ0n) is 15.8. The van der Waals surface area contributed by atoms with Gasteiger partial charge in [-0.05, 0) is 50.8 Å². The zero-order valence-corrected chi connectivity index (χ0v) is 16.6. The van der Waals surface area contributed by atoms with Crippen LogP contribution < -0.4 is 5.32 Å². The second-order valence-corrected chi connectivity index (χ2v) is 7.67. The molecular formula is C20H21N5OS. The first kappa shape index (κ1) is 17.7. The van der Waals surface area contributed by atoms with Crippen molar-refractivity contribution >= 4 is 23.5 Å². The van der Waals surface area contributed by atoms with Crippen molar-refractivity contribution < 1.29 is 4.79 Å². The molecule has 6 nitrogen and oxygen atoms in total. The normalized spacial score (nSPS) is 16.1. The molecule has 1 N–H and O–H groups in total. The van der Waals surface area contributed by atoms with E-state index in [4.69, 9.17) is 0 Å². The van der Waals surface area contributed by atoms with Crippen LogP contribution in [0, 0.1) is 20.8 Å². The van der Waals surface area contributed by atoms with Gasteiger partial charge in [0.05, 0.1) is 5.69 Å². The van der Waals surface area contributed by atoms with Gasteiger partial charge in [0, 0.05) is 34.2 Å². The van der Waals surface area contributed by atoms with Crippen molar-refractivity contribution in [3.8, 4) is 5.95 Å². The average molecular weight is 379 g/mol. The highest BCUT2D eigenvalue weighted by Crippen LogP contribution is 2.40. The molecule has 7 heteroatoms. The standard InChI is InChI=1S/C20H21N5OS/c1-11-9-12(2)22-20(21-11)25-19-18(13(3)24-25)16(10-17(26)23-19)14-5-7-15(27-4)8-6-14/h5-9,16H,10H2,1-4H3,(H,23,26)/t16-/m0/s1. The molecule has 3 heterocycles. The maximum absolute atomic E-state index is 12.5. The maximum atomic E-state index is 12.5. The van der Waals surface area contributed by atoms with Crippen molar-refractivity contribution in [2.75, 3.05) is 11.6 Å². The molecule has 0 unspecified atom stereocenters. The lowest BCUT2D eigenvalue weighted by Crippen LogP contribution is -2.25. The van der Waals surface area contributed by atoms with Gasteiger partial charge in [-0.1, -0.05) is 12.1 Å². The number of hydrogen-bond donors (Lipinski definition) is 1. The monoisotopic (exact) mass is 379 g/mol. The first-order valence-electron chi connectivity index (χ1n) is 8.82. The molecule has 1 aliphatic heterocycles. The fraction of sp³-hybridized carbons (Fsp3) is 0.300. The molecule has 27 heavy (non-hydrogen) atoms. The summed E-state index contributed by atoms with van der Waals surface area (Å²) in [6, 6.07) is 10.3. The molecule has 0 aliphatic carbocycles. The fourth-order valence-corrected chi connectivity index (χ4v) is 4.02. The molecule has 3 aromatic rings. The maximum Gasteiger partial charge on any atom is 0.252 e. The van der Waals surface area contributed by atoms with Crippen LogP contribution in [0.3, 0.4) is 0 Å². The van der Waals surface area contributed by atoms with Crippen LogP contribution in [0.25, 0.3) is 5.95 Å². The number of rotatable bonds is 3. The molecule has 0 saturated carbocycles. The number of aryl methyl sites for hydroxylation is 3. The fourth-order valence-electron chi connectivity index (χ4n) is 3.61. The van der Waals surface area contributed by atoms with E-state index in [2.05, 4.69) is 50.9 Å². The molecule has 1 amide bonds. The van der Waals surface area contributed by atoms with Gasteiger partial charge in [-0.3, -0.25) is 4.79 Å². The van der Waals surface area contributed by atoms with Gasteiger partial charge in [-0.25, -0.2) is 9.97 Å². The Kier molecular flexibility index (Phi) is 4.47. The highest BCUT2D eigenvalue weighted by atomic mass is 32.2. The van der Waals surface area contributed by atoms with Crippen LogP contribution in [0.1, 0.15) is 40.5 Å². The van der Waals surface area contributed by atoms with E-state index in [1.54, 1.807) is 16.4 Å². The second-order valence-electron chi connectivity index (χ2n) is 6.79. The van der Waals surface area contributed by atoms with Crippen LogP contribution in [0.15, 0.2) is 35.2 Å². The summed E-state index contributed by atoms with van der Waals surface area (Å²) in [6.07, 6.45) is 2.46. The van der Waals surface area contributed by atoms with E-state index >= 15 is 0 Å².